The first kappa shape index (κ1) is 43.6. The monoisotopic (exact) mass is 874 g/mol. The van der Waals surface area contributed by atoms with Gasteiger partial charge in [0, 0.05) is 97.8 Å². The second kappa shape index (κ2) is 20.4. The summed E-state index contributed by atoms with van der Waals surface area (Å²) in [7, 11) is 0. The average molecular weight is 876 g/mol. The van der Waals surface area contributed by atoms with Crippen LogP contribution in [0.4, 0.5) is 20.4 Å². The number of aromatic nitrogens is 8. The number of fused-ring (bicyclic) bond motifs is 2. The lowest BCUT2D eigenvalue weighted by molar-refractivity contribution is -0.133. The molecule has 4 N–H and O–H groups in total. The van der Waals surface area contributed by atoms with Crippen LogP contribution in [-0.4, -0.2) is 99.7 Å². The highest BCUT2D eigenvalue weighted by Crippen LogP contribution is 2.30. The van der Waals surface area contributed by atoms with E-state index in [1.54, 1.807) is 36.9 Å². The summed E-state index contributed by atoms with van der Waals surface area (Å²) in [5.41, 5.74) is 2.71. The zero-order chi connectivity index (χ0) is 42.9. The molecule has 0 saturated carbocycles. The van der Waals surface area contributed by atoms with Crippen LogP contribution in [0.3, 0.4) is 0 Å². The summed E-state index contributed by atoms with van der Waals surface area (Å²) in [5, 5.41) is 8.91. The molecule has 0 aromatic carbocycles. The Labute approximate surface area is 362 Å². The lowest BCUT2D eigenvalue weighted by Crippen LogP contribution is -2.45. The van der Waals surface area contributed by atoms with Gasteiger partial charge in [0.1, 0.15) is 11.3 Å². The minimum absolute atomic E-state index is 0.0549. The van der Waals surface area contributed by atoms with E-state index >= 15 is 0 Å². The summed E-state index contributed by atoms with van der Waals surface area (Å²) in [5.74, 6) is 0.318. The molecular formula is C43H50Cl2F2N12O2. The molecule has 2 fully saturated rings. The van der Waals surface area contributed by atoms with Gasteiger partial charge in [-0.2, -0.15) is 0 Å². The molecule has 2 aliphatic heterocycles. The fourth-order valence-corrected chi connectivity index (χ4v) is 8.04. The van der Waals surface area contributed by atoms with E-state index in [9.17, 15) is 18.4 Å². The molecule has 2 amide bonds. The van der Waals surface area contributed by atoms with Crippen molar-refractivity contribution in [3.63, 3.8) is 0 Å². The molecule has 6 aromatic heterocycles. The highest BCUT2D eigenvalue weighted by molar-refractivity contribution is 6.31. The summed E-state index contributed by atoms with van der Waals surface area (Å²) >= 11 is 12.1. The first-order valence-electron chi connectivity index (χ1n) is 21.0. The fourth-order valence-electron chi connectivity index (χ4n) is 7.72. The van der Waals surface area contributed by atoms with Crippen LogP contribution in [0.1, 0.15) is 84.5 Å². The van der Waals surface area contributed by atoms with E-state index in [1.807, 2.05) is 9.80 Å². The van der Waals surface area contributed by atoms with Crippen molar-refractivity contribution in [3.8, 4) is 22.8 Å². The smallest absolute Gasteiger partial charge is 0.222 e. The molecule has 0 radical (unpaired) electrons. The number of hydrogen-bond acceptors (Lipinski definition) is 10. The van der Waals surface area contributed by atoms with Crippen LogP contribution in [-0.2, 0) is 9.59 Å². The number of aromatic amines is 2. The molecule has 61 heavy (non-hydrogen) atoms. The zero-order valence-electron chi connectivity index (χ0n) is 34.3. The molecule has 2 atom stereocenters. The SMILES string of the molecule is CCCCC(=O)N1CCC[C@@H](Nc2nc(-c3c[nH]c4ncc(Cl)cc34)ncc2F)C1.CCCCCC(=O)N1CCC[C@@H](Nc2nc(-c3c[nH]c4ncc(Cl)cc34)ncc2F)C1. The number of pyridine rings is 2. The van der Waals surface area contributed by atoms with Crippen molar-refractivity contribution in [2.45, 2.75) is 96.6 Å². The Morgan fingerprint density at radius 3 is 1.61 bits per heavy atom. The number of likely N-dealkylation sites (tertiary alicyclic amines) is 2. The number of hydrogen-bond donors (Lipinski definition) is 4. The van der Waals surface area contributed by atoms with E-state index in [0.717, 1.165) is 94.0 Å². The third kappa shape index (κ3) is 10.9. The van der Waals surface area contributed by atoms with Crippen LogP contribution in [0.15, 0.2) is 49.3 Å². The topological polar surface area (TPSA) is 174 Å². The van der Waals surface area contributed by atoms with Crippen LogP contribution >= 0.6 is 23.2 Å². The van der Waals surface area contributed by atoms with Crippen molar-refractivity contribution in [1.29, 1.82) is 0 Å². The molecular weight excluding hydrogens is 825 g/mol. The minimum atomic E-state index is -0.524. The molecule has 14 nitrogen and oxygen atoms in total. The third-order valence-electron chi connectivity index (χ3n) is 10.9. The Kier molecular flexibility index (Phi) is 14.6. The van der Waals surface area contributed by atoms with Gasteiger partial charge in [-0.25, -0.2) is 38.7 Å². The average Bonchev–Trinajstić information content (AvgIpc) is 3.89. The Balaban J connectivity index is 0.000000184. The second-order valence-corrected chi connectivity index (χ2v) is 16.4. The number of nitrogens with zero attached hydrogens (tertiary/aromatic N) is 8. The first-order valence-corrected chi connectivity index (χ1v) is 21.7. The van der Waals surface area contributed by atoms with E-state index in [1.165, 1.54) is 0 Å². The van der Waals surface area contributed by atoms with Crippen LogP contribution < -0.4 is 10.6 Å². The molecule has 2 saturated heterocycles. The lowest BCUT2D eigenvalue weighted by Gasteiger charge is -2.33. The Hall–Kier alpha value is -5.48. The van der Waals surface area contributed by atoms with Crippen molar-refractivity contribution < 1.29 is 18.4 Å². The fraction of sp³-hybridized carbons (Fsp3) is 0.442. The maximum atomic E-state index is 14.5. The van der Waals surface area contributed by atoms with Gasteiger partial charge in [0.2, 0.25) is 11.8 Å². The van der Waals surface area contributed by atoms with E-state index in [-0.39, 0.29) is 35.5 Å². The van der Waals surface area contributed by atoms with Gasteiger partial charge < -0.3 is 30.4 Å². The molecule has 6 aromatic rings. The van der Waals surface area contributed by atoms with E-state index in [4.69, 9.17) is 23.2 Å². The van der Waals surface area contributed by atoms with Gasteiger partial charge in [0.25, 0.3) is 0 Å². The number of nitrogens with one attached hydrogen (secondary N) is 4. The number of unbranched alkanes of at least 4 members (excludes halogenated alkanes) is 3. The molecule has 18 heteroatoms. The number of carbonyl (C=O) groups is 2. The number of anilines is 2. The quantitative estimate of drug-likeness (QED) is 0.0820. The Morgan fingerprint density at radius 1 is 0.689 bits per heavy atom. The Morgan fingerprint density at radius 2 is 1.15 bits per heavy atom. The highest BCUT2D eigenvalue weighted by atomic mass is 35.5. The Bertz CT molecular complexity index is 2460. The van der Waals surface area contributed by atoms with Gasteiger partial charge in [0.05, 0.1) is 22.4 Å². The molecule has 0 bridgehead atoms. The van der Waals surface area contributed by atoms with Gasteiger partial charge in [-0.05, 0) is 50.7 Å². The van der Waals surface area contributed by atoms with E-state index in [2.05, 4.69) is 64.4 Å². The number of carbonyl (C=O) groups excluding carboxylic acids is 2. The number of piperidine rings is 2. The second-order valence-electron chi connectivity index (χ2n) is 15.5. The molecule has 322 valence electrons. The van der Waals surface area contributed by atoms with Crippen molar-refractivity contribution in [2.24, 2.45) is 0 Å². The normalized spacial score (nSPS) is 16.7. The summed E-state index contributed by atoms with van der Waals surface area (Å²) in [6.45, 7) is 6.80. The predicted octanol–water partition coefficient (Wildman–Crippen LogP) is 9.20. The molecule has 0 spiro atoms. The van der Waals surface area contributed by atoms with Gasteiger partial charge in [0.15, 0.2) is 34.9 Å². The largest absolute Gasteiger partial charge is 0.363 e. The maximum Gasteiger partial charge on any atom is 0.222 e. The highest BCUT2D eigenvalue weighted by Gasteiger charge is 2.26. The van der Waals surface area contributed by atoms with Crippen LogP contribution in [0.2, 0.25) is 10.0 Å². The standard InChI is InChI=1S/C22H26ClFN6O.C21H24ClFN6O/c1-2-3-4-7-19(31)30-8-5-6-15(13-30)28-22-18(24)12-27-21(29-22)17-11-26-20-16(17)9-14(23)10-25-20;1-2-3-6-18(30)29-7-4-5-14(12-29)27-21-17(23)11-26-20(28-21)16-10-25-19-15(16)8-13(22)9-24-19/h9-12,15H,2-8,13H2,1H3,(H,25,26)(H,27,28,29);8-11,14H,2-7,12H2,1H3,(H,24,25)(H,26,27,28)/t15-;14-/m11/s1. The number of amides is 2. The van der Waals surface area contributed by atoms with E-state index in [0.29, 0.717) is 70.0 Å². The summed E-state index contributed by atoms with van der Waals surface area (Å²) in [6.07, 6.45) is 18.4. The van der Waals surface area contributed by atoms with Crippen molar-refractivity contribution in [3.05, 3.63) is 71.0 Å². The minimum Gasteiger partial charge on any atom is -0.363 e. The third-order valence-corrected chi connectivity index (χ3v) is 11.3. The number of H-pyrrole nitrogens is 2. The van der Waals surface area contributed by atoms with Crippen LogP contribution in [0, 0.1) is 11.6 Å². The van der Waals surface area contributed by atoms with Crippen LogP contribution in [0.25, 0.3) is 44.8 Å². The van der Waals surface area contributed by atoms with Crippen molar-refractivity contribution in [1.82, 2.24) is 49.7 Å². The maximum absolute atomic E-state index is 14.5. The van der Waals surface area contributed by atoms with Gasteiger partial charge >= 0.3 is 0 Å². The van der Waals surface area contributed by atoms with Crippen LogP contribution in [0.5, 0.6) is 0 Å². The summed E-state index contributed by atoms with van der Waals surface area (Å²) in [6, 6.07) is 3.44. The summed E-state index contributed by atoms with van der Waals surface area (Å²) in [4.78, 5) is 60.3. The van der Waals surface area contributed by atoms with Crippen molar-refractivity contribution in [2.75, 3.05) is 36.8 Å². The van der Waals surface area contributed by atoms with Gasteiger partial charge in [-0.15, -0.1) is 0 Å². The van der Waals surface area contributed by atoms with Gasteiger partial charge in [-0.1, -0.05) is 56.3 Å². The lowest BCUT2D eigenvalue weighted by atomic mass is 10.0. The predicted molar refractivity (Wildman–Crippen MR) is 234 cm³/mol. The molecule has 8 heterocycles. The molecule has 0 unspecified atom stereocenters. The van der Waals surface area contributed by atoms with Crippen molar-refractivity contribution >= 4 is 68.7 Å². The number of halogens is 4. The van der Waals surface area contributed by atoms with E-state index < -0.39 is 11.6 Å². The first-order chi connectivity index (χ1) is 29.6. The number of rotatable bonds is 13. The zero-order valence-corrected chi connectivity index (χ0v) is 35.8. The molecule has 0 aliphatic carbocycles. The molecule has 2 aliphatic rings. The van der Waals surface area contributed by atoms with Gasteiger partial charge in [-0.3, -0.25) is 9.59 Å². The molecule has 8 rings (SSSR count). The summed E-state index contributed by atoms with van der Waals surface area (Å²) < 4.78 is 29.0.